The van der Waals surface area contributed by atoms with Gasteiger partial charge in [-0.05, 0) is 44.2 Å². The minimum atomic E-state index is -3.15. The maximum absolute atomic E-state index is 12.7. The van der Waals surface area contributed by atoms with Crippen LogP contribution >= 0.6 is 0 Å². The van der Waals surface area contributed by atoms with Crippen LogP contribution in [0.15, 0.2) is 24.5 Å². The standard InChI is InChI=1S/C17H24N2O4S/c20-24(21,15-4-5-15)19-9-6-16-17(12-19,7-2-10-22-16)13-23-14-3-1-8-18-11-14/h1,3,8,11,15-16H,2,4-7,9-10,12-13H2/t16-,17-/m0/s1. The first-order chi connectivity index (χ1) is 11.6. The molecule has 24 heavy (non-hydrogen) atoms. The predicted octanol–water partition coefficient (Wildman–Crippen LogP) is 1.82. The van der Waals surface area contributed by atoms with E-state index in [1.807, 2.05) is 12.1 Å². The van der Waals surface area contributed by atoms with Crippen molar-refractivity contribution in [2.24, 2.45) is 5.41 Å². The highest BCUT2D eigenvalue weighted by Crippen LogP contribution is 2.43. The molecule has 2 atom stereocenters. The Morgan fingerprint density at radius 3 is 3.00 bits per heavy atom. The second-order valence-electron chi connectivity index (χ2n) is 7.17. The Kier molecular flexibility index (Phi) is 4.26. The average molecular weight is 352 g/mol. The van der Waals surface area contributed by atoms with Gasteiger partial charge in [0, 0.05) is 31.3 Å². The third kappa shape index (κ3) is 3.05. The van der Waals surface area contributed by atoms with E-state index in [-0.39, 0.29) is 16.8 Å². The number of hydrogen-bond acceptors (Lipinski definition) is 5. The van der Waals surface area contributed by atoms with Gasteiger partial charge < -0.3 is 9.47 Å². The van der Waals surface area contributed by atoms with Gasteiger partial charge in [-0.2, -0.15) is 0 Å². The highest BCUT2D eigenvalue weighted by molar-refractivity contribution is 7.90. The summed E-state index contributed by atoms with van der Waals surface area (Å²) in [5.41, 5.74) is -0.256. The summed E-state index contributed by atoms with van der Waals surface area (Å²) in [6, 6.07) is 3.72. The number of sulfonamides is 1. The molecule has 4 rings (SSSR count). The van der Waals surface area contributed by atoms with E-state index in [1.54, 1.807) is 16.7 Å². The van der Waals surface area contributed by atoms with Crippen LogP contribution in [-0.2, 0) is 14.8 Å². The number of rotatable bonds is 5. The van der Waals surface area contributed by atoms with Crippen molar-refractivity contribution in [1.29, 1.82) is 0 Å². The summed E-state index contributed by atoms with van der Waals surface area (Å²) >= 11 is 0. The molecule has 2 saturated heterocycles. The van der Waals surface area contributed by atoms with Crippen LogP contribution in [0.5, 0.6) is 5.75 Å². The number of ether oxygens (including phenoxy) is 2. The maximum atomic E-state index is 12.7. The lowest BCUT2D eigenvalue weighted by atomic mass is 9.73. The fourth-order valence-electron chi connectivity index (χ4n) is 3.91. The third-order valence-electron chi connectivity index (χ3n) is 5.42. The zero-order valence-electron chi connectivity index (χ0n) is 13.8. The van der Waals surface area contributed by atoms with E-state index >= 15 is 0 Å². The number of hydrogen-bond donors (Lipinski definition) is 0. The quantitative estimate of drug-likeness (QED) is 0.809. The van der Waals surface area contributed by atoms with Crippen molar-refractivity contribution in [1.82, 2.24) is 9.29 Å². The molecule has 2 aliphatic heterocycles. The molecule has 0 unspecified atom stereocenters. The van der Waals surface area contributed by atoms with Gasteiger partial charge in [0.2, 0.25) is 10.0 Å². The Balaban J connectivity index is 1.53. The van der Waals surface area contributed by atoms with Crippen LogP contribution in [0.3, 0.4) is 0 Å². The van der Waals surface area contributed by atoms with Gasteiger partial charge in [0.05, 0.1) is 24.2 Å². The summed E-state index contributed by atoms with van der Waals surface area (Å²) in [4.78, 5) is 4.07. The Bertz CT molecular complexity index is 677. The molecule has 3 heterocycles. The molecule has 0 aromatic carbocycles. The number of nitrogens with zero attached hydrogens (tertiary/aromatic N) is 2. The molecule has 0 spiro atoms. The van der Waals surface area contributed by atoms with Gasteiger partial charge in [0.15, 0.2) is 0 Å². The monoisotopic (exact) mass is 352 g/mol. The molecule has 0 amide bonds. The van der Waals surface area contributed by atoms with Crippen molar-refractivity contribution < 1.29 is 17.9 Å². The molecule has 0 radical (unpaired) electrons. The average Bonchev–Trinajstić information content (AvgIpc) is 3.46. The van der Waals surface area contributed by atoms with Gasteiger partial charge in [-0.1, -0.05) is 0 Å². The Labute approximate surface area is 143 Å². The topological polar surface area (TPSA) is 68.7 Å². The molecule has 1 aliphatic carbocycles. The molecule has 0 N–H and O–H groups in total. The zero-order chi connectivity index (χ0) is 16.6. The van der Waals surface area contributed by atoms with E-state index in [0.717, 1.165) is 44.5 Å². The lowest BCUT2D eigenvalue weighted by Gasteiger charge is -2.49. The molecule has 1 saturated carbocycles. The van der Waals surface area contributed by atoms with Gasteiger partial charge in [0.25, 0.3) is 0 Å². The normalized spacial score (nSPS) is 31.4. The SMILES string of the molecule is O=S(=O)(C1CC1)N1CC[C@@H]2OCCC[C@@]2(COc2cccnc2)C1. The molecule has 3 aliphatic rings. The molecule has 3 fully saturated rings. The van der Waals surface area contributed by atoms with Crippen molar-refractivity contribution in [3.8, 4) is 5.75 Å². The molecule has 1 aromatic heterocycles. The maximum Gasteiger partial charge on any atom is 0.217 e. The number of piperidine rings is 1. The van der Waals surface area contributed by atoms with E-state index in [0.29, 0.717) is 19.7 Å². The first-order valence-corrected chi connectivity index (χ1v) is 10.2. The first-order valence-electron chi connectivity index (χ1n) is 8.74. The minimum absolute atomic E-state index is 0.0774. The largest absolute Gasteiger partial charge is 0.491 e. The third-order valence-corrected chi connectivity index (χ3v) is 7.76. The van der Waals surface area contributed by atoms with Gasteiger partial charge in [-0.3, -0.25) is 4.98 Å². The van der Waals surface area contributed by atoms with Crippen LogP contribution < -0.4 is 4.74 Å². The molecule has 1 aromatic rings. The lowest BCUT2D eigenvalue weighted by Crippen LogP contribution is -2.58. The summed E-state index contributed by atoms with van der Waals surface area (Å²) in [5.74, 6) is 0.721. The number of fused-ring (bicyclic) bond motifs is 1. The predicted molar refractivity (Wildman–Crippen MR) is 89.3 cm³/mol. The van der Waals surface area contributed by atoms with E-state index in [1.165, 1.54) is 0 Å². The summed E-state index contributed by atoms with van der Waals surface area (Å²) in [7, 11) is -3.15. The number of aromatic nitrogens is 1. The second kappa shape index (κ2) is 6.28. The van der Waals surface area contributed by atoms with Crippen molar-refractivity contribution in [3.63, 3.8) is 0 Å². The smallest absolute Gasteiger partial charge is 0.217 e. The van der Waals surface area contributed by atoms with Crippen molar-refractivity contribution in [3.05, 3.63) is 24.5 Å². The lowest BCUT2D eigenvalue weighted by molar-refractivity contribution is -0.128. The van der Waals surface area contributed by atoms with Gasteiger partial charge >= 0.3 is 0 Å². The van der Waals surface area contributed by atoms with Crippen molar-refractivity contribution in [2.45, 2.75) is 43.5 Å². The summed E-state index contributed by atoms with van der Waals surface area (Å²) in [5, 5.41) is -0.158. The fraction of sp³-hybridized carbons (Fsp3) is 0.706. The summed E-state index contributed by atoms with van der Waals surface area (Å²) < 4.78 is 39.0. The van der Waals surface area contributed by atoms with Crippen LogP contribution in [0, 0.1) is 5.41 Å². The number of pyridine rings is 1. The second-order valence-corrected chi connectivity index (χ2v) is 9.38. The van der Waals surface area contributed by atoms with Crippen LogP contribution in [0.2, 0.25) is 0 Å². The Hall–Kier alpha value is -1.18. The van der Waals surface area contributed by atoms with Crippen LogP contribution in [0.25, 0.3) is 0 Å². The van der Waals surface area contributed by atoms with Crippen molar-refractivity contribution >= 4 is 10.0 Å². The molecular weight excluding hydrogens is 328 g/mol. The van der Waals surface area contributed by atoms with E-state index in [9.17, 15) is 8.42 Å². The van der Waals surface area contributed by atoms with Crippen LogP contribution in [0.4, 0.5) is 0 Å². The van der Waals surface area contributed by atoms with Gasteiger partial charge in [-0.15, -0.1) is 0 Å². The highest BCUT2D eigenvalue weighted by Gasteiger charge is 2.51. The molecule has 7 heteroatoms. The summed E-state index contributed by atoms with van der Waals surface area (Å²) in [6.45, 7) is 2.31. The van der Waals surface area contributed by atoms with Crippen molar-refractivity contribution in [2.75, 3.05) is 26.3 Å². The molecular formula is C17H24N2O4S. The van der Waals surface area contributed by atoms with Gasteiger partial charge in [-0.25, -0.2) is 12.7 Å². The fourth-order valence-corrected chi connectivity index (χ4v) is 5.86. The Morgan fingerprint density at radius 2 is 2.25 bits per heavy atom. The van der Waals surface area contributed by atoms with Crippen LogP contribution in [-0.4, -0.2) is 55.4 Å². The minimum Gasteiger partial charge on any atom is -0.491 e. The highest BCUT2D eigenvalue weighted by atomic mass is 32.2. The Morgan fingerprint density at radius 1 is 1.38 bits per heavy atom. The van der Waals surface area contributed by atoms with E-state index in [4.69, 9.17) is 9.47 Å². The summed E-state index contributed by atoms with van der Waals surface area (Å²) in [6.07, 6.45) is 7.73. The first kappa shape index (κ1) is 16.3. The molecule has 6 nitrogen and oxygen atoms in total. The van der Waals surface area contributed by atoms with E-state index in [2.05, 4.69) is 4.98 Å². The van der Waals surface area contributed by atoms with Gasteiger partial charge in [0.1, 0.15) is 5.75 Å². The molecule has 132 valence electrons. The zero-order valence-corrected chi connectivity index (χ0v) is 14.6. The van der Waals surface area contributed by atoms with E-state index < -0.39 is 10.0 Å². The van der Waals surface area contributed by atoms with Crippen LogP contribution in [0.1, 0.15) is 32.1 Å². The molecule has 0 bridgehead atoms.